The van der Waals surface area contributed by atoms with Gasteiger partial charge in [0.25, 0.3) is 0 Å². The largest absolute Gasteiger partial charge is 0.352 e. The first-order valence-electron chi connectivity index (χ1n) is 6.82. The maximum Gasteiger partial charge on any atom is 0.224 e. The van der Waals surface area contributed by atoms with Crippen molar-refractivity contribution >= 4 is 5.91 Å². The van der Waals surface area contributed by atoms with Gasteiger partial charge in [0.2, 0.25) is 5.91 Å². The number of rotatable bonds is 5. The van der Waals surface area contributed by atoms with Crippen LogP contribution in [0.4, 0.5) is 0 Å². The van der Waals surface area contributed by atoms with E-state index in [9.17, 15) is 4.79 Å². The zero-order valence-electron chi connectivity index (χ0n) is 12.4. The Hall–Kier alpha value is -1.86. The van der Waals surface area contributed by atoms with E-state index in [4.69, 9.17) is 11.0 Å². The summed E-state index contributed by atoms with van der Waals surface area (Å²) in [5.74, 6) is -0.167. The quantitative estimate of drug-likeness (QED) is 0.863. The summed E-state index contributed by atoms with van der Waals surface area (Å²) in [5, 5.41) is 11.6. The zero-order valence-corrected chi connectivity index (χ0v) is 12.4. The van der Waals surface area contributed by atoms with Crippen molar-refractivity contribution < 1.29 is 4.79 Å². The molecule has 0 fully saturated rings. The molecule has 0 aliphatic heterocycles. The van der Waals surface area contributed by atoms with E-state index >= 15 is 0 Å². The predicted molar refractivity (Wildman–Crippen MR) is 79.6 cm³/mol. The Morgan fingerprint density at radius 2 is 1.95 bits per heavy atom. The van der Waals surface area contributed by atoms with E-state index in [1.165, 1.54) is 0 Å². The molecule has 0 aliphatic rings. The Kier molecular flexibility index (Phi) is 5.72. The van der Waals surface area contributed by atoms with Crippen LogP contribution < -0.4 is 11.1 Å². The Morgan fingerprint density at radius 3 is 2.40 bits per heavy atom. The lowest BCUT2D eigenvalue weighted by Gasteiger charge is -2.24. The summed E-state index contributed by atoms with van der Waals surface area (Å²) in [4.78, 5) is 12.1. The van der Waals surface area contributed by atoms with Crippen molar-refractivity contribution in [1.82, 2.24) is 5.32 Å². The van der Waals surface area contributed by atoms with E-state index < -0.39 is 0 Å². The van der Waals surface area contributed by atoms with Crippen LogP contribution in [0.2, 0.25) is 0 Å². The highest BCUT2D eigenvalue weighted by Crippen LogP contribution is 2.24. The van der Waals surface area contributed by atoms with E-state index in [1.54, 1.807) is 12.1 Å². The maximum atomic E-state index is 12.1. The van der Waals surface area contributed by atoms with Crippen LogP contribution in [0, 0.1) is 22.7 Å². The van der Waals surface area contributed by atoms with Crippen molar-refractivity contribution in [2.45, 2.75) is 33.7 Å². The van der Waals surface area contributed by atoms with Crippen LogP contribution in [-0.2, 0) is 11.3 Å². The van der Waals surface area contributed by atoms with E-state index in [2.05, 4.69) is 32.2 Å². The predicted octanol–water partition coefficient (Wildman–Crippen LogP) is 2.19. The highest BCUT2D eigenvalue weighted by molar-refractivity contribution is 5.78. The Bertz CT molecular complexity index is 480. The first-order chi connectivity index (χ1) is 9.35. The minimum Gasteiger partial charge on any atom is -0.352 e. The topological polar surface area (TPSA) is 78.9 Å². The van der Waals surface area contributed by atoms with Crippen LogP contribution in [0.3, 0.4) is 0 Å². The second kappa shape index (κ2) is 7.06. The highest BCUT2D eigenvalue weighted by atomic mass is 16.1. The van der Waals surface area contributed by atoms with Gasteiger partial charge < -0.3 is 11.1 Å². The average molecular weight is 273 g/mol. The molecule has 0 bridgehead atoms. The van der Waals surface area contributed by atoms with E-state index in [0.29, 0.717) is 18.7 Å². The lowest BCUT2D eigenvalue weighted by molar-refractivity contribution is -0.125. The van der Waals surface area contributed by atoms with Gasteiger partial charge in [-0.05, 0) is 29.5 Å². The second-order valence-electron chi connectivity index (χ2n) is 6.22. The number of nitriles is 1. The molecule has 0 radical (unpaired) electrons. The molecule has 1 atom stereocenters. The molecule has 0 heterocycles. The number of nitrogens with two attached hydrogens (primary N) is 1. The molecular weight excluding hydrogens is 250 g/mol. The molecule has 0 saturated carbocycles. The van der Waals surface area contributed by atoms with Gasteiger partial charge in [-0.1, -0.05) is 32.9 Å². The Balaban J connectivity index is 2.54. The molecular formula is C16H23N3O. The van der Waals surface area contributed by atoms with Crippen LogP contribution in [-0.4, -0.2) is 12.5 Å². The second-order valence-corrected chi connectivity index (χ2v) is 6.22. The van der Waals surface area contributed by atoms with Crippen LogP contribution >= 0.6 is 0 Å². The molecule has 0 spiro atoms. The van der Waals surface area contributed by atoms with Gasteiger partial charge in [0.15, 0.2) is 0 Å². The van der Waals surface area contributed by atoms with Gasteiger partial charge in [0, 0.05) is 13.1 Å². The number of benzene rings is 1. The standard InChI is InChI=1S/C16H23N3O/c1-16(2,3)8-14(10-18)15(20)19-11-13-6-4-12(9-17)5-7-13/h4-7,14H,8,10-11,18H2,1-3H3,(H,19,20). The minimum atomic E-state index is -0.159. The monoisotopic (exact) mass is 273 g/mol. The molecule has 3 N–H and O–H groups in total. The number of nitrogens with one attached hydrogen (secondary N) is 1. The zero-order chi connectivity index (χ0) is 15.2. The first kappa shape index (κ1) is 16.2. The SMILES string of the molecule is CC(C)(C)CC(CN)C(=O)NCc1ccc(C#N)cc1. The van der Waals surface area contributed by atoms with Crippen molar-refractivity contribution in [2.24, 2.45) is 17.1 Å². The summed E-state index contributed by atoms with van der Waals surface area (Å²) in [7, 11) is 0. The average Bonchev–Trinajstić information content (AvgIpc) is 2.41. The van der Waals surface area contributed by atoms with Crippen LogP contribution in [0.1, 0.15) is 38.3 Å². The number of carbonyl (C=O) groups is 1. The van der Waals surface area contributed by atoms with Crippen molar-refractivity contribution in [3.8, 4) is 6.07 Å². The molecule has 0 saturated heterocycles. The van der Waals surface area contributed by atoms with Gasteiger partial charge in [-0.25, -0.2) is 0 Å². The number of amides is 1. The van der Waals surface area contributed by atoms with Crippen molar-refractivity contribution in [2.75, 3.05) is 6.54 Å². The molecule has 1 unspecified atom stereocenters. The third kappa shape index (κ3) is 5.41. The van der Waals surface area contributed by atoms with E-state index in [1.807, 2.05) is 12.1 Å². The fraction of sp³-hybridized carbons (Fsp3) is 0.500. The summed E-state index contributed by atoms with van der Waals surface area (Å²) in [6.45, 7) is 7.12. The molecule has 1 aromatic rings. The fourth-order valence-electron chi connectivity index (χ4n) is 2.05. The number of nitrogens with zero attached hydrogens (tertiary/aromatic N) is 1. The molecule has 0 aromatic heterocycles. The molecule has 1 aromatic carbocycles. The number of carbonyl (C=O) groups excluding carboxylic acids is 1. The summed E-state index contributed by atoms with van der Waals surface area (Å²) >= 11 is 0. The highest BCUT2D eigenvalue weighted by Gasteiger charge is 2.23. The molecule has 20 heavy (non-hydrogen) atoms. The van der Waals surface area contributed by atoms with E-state index in [0.717, 1.165) is 12.0 Å². The lowest BCUT2D eigenvalue weighted by Crippen LogP contribution is -2.36. The summed E-state index contributed by atoms with van der Waals surface area (Å²) < 4.78 is 0. The maximum absolute atomic E-state index is 12.1. The molecule has 1 rings (SSSR count). The van der Waals surface area contributed by atoms with E-state index in [-0.39, 0.29) is 17.2 Å². The summed E-state index contributed by atoms with van der Waals surface area (Å²) in [6, 6.07) is 9.26. The molecule has 0 aliphatic carbocycles. The molecule has 4 nitrogen and oxygen atoms in total. The Labute approximate surface area is 121 Å². The van der Waals surface area contributed by atoms with Gasteiger partial charge in [0.05, 0.1) is 17.6 Å². The third-order valence-corrected chi connectivity index (χ3v) is 3.06. The molecule has 1 amide bonds. The van der Waals surface area contributed by atoms with Gasteiger partial charge in [0.1, 0.15) is 0 Å². The van der Waals surface area contributed by atoms with Gasteiger partial charge >= 0.3 is 0 Å². The third-order valence-electron chi connectivity index (χ3n) is 3.06. The van der Waals surface area contributed by atoms with Gasteiger partial charge in [-0.2, -0.15) is 5.26 Å². The number of hydrogen-bond acceptors (Lipinski definition) is 3. The van der Waals surface area contributed by atoms with Gasteiger partial charge in [-0.3, -0.25) is 4.79 Å². The molecule has 108 valence electrons. The van der Waals surface area contributed by atoms with Crippen LogP contribution in [0.25, 0.3) is 0 Å². The summed E-state index contributed by atoms with van der Waals surface area (Å²) in [6.07, 6.45) is 0.767. The van der Waals surface area contributed by atoms with Crippen molar-refractivity contribution in [1.29, 1.82) is 5.26 Å². The number of hydrogen-bond donors (Lipinski definition) is 2. The smallest absolute Gasteiger partial charge is 0.224 e. The Morgan fingerprint density at radius 1 is 1.35 bits per heavy atom. The van der Waals surface area contributed by atoms with Crippen molar-refractivity contribution in [3.63, 3.8) is 0 Å². The normalized spacial score (nSPS) is 12.6. The lowest BCUT2D eigenvalue weighted by atomic mass is 9.84. The first-order valence-corrected chi connectivity index (χ1v) is 6.82. The van der Waals surface area contributed by atoms with Gasteiger partial charge in [-0.15, -0.1) is 0 Å². The van der Waals surface area contributed by atoms with Crippen LogP contribution in [0.5, 0.6) is 0 Å². The fourth-order valence-corrected chi connectivity index (χ4v) is 2.05. The summed E-state index contributed by atoms with van der Waals surface area (Å²) in [5.41, 5.74) is 7.36. The minimum absolute atomic E-state index is 0.00761. The molecule has 4 heteroatoms. The van der Waals surface area contributed by atoms with Crippen LogP contribution in [0.15, 0.2) is 24.3 Å². The van der Waals surface area contributed by atoms with Crippen molar-refractivity contribution in [3.05, 3.63) is 35.4 Å².